The molecule has 39 heavy (non-hydrogen) atoms. The van der Waals surface area contributed by atoms with Crippen LogP contribution in [0, 0.1) is 0 Å². The van der Waals surface area contributed by atoms with E-state index in [1.165, 1.54) is 4.70 Å². The molecule has 0 bridgehead atoms. The summed E-state index contributed by atoms with van der Waals surface area (Å²) >= 11 is 1.75. The molecule has 4 heterocycles. The highest BCUT2D eigenvalue weighted by molar-refractivity contribution is 7.26. The van der Waals surface area contributed by atoms with E-state index in [2.05, 4.69) is 102 Å². The van der Waals surface area contributed by atoms with Crippen LogP contribution in [0.2, 0.25) is 0 Å². The van der Waals surface area contributed by atoms with Gasteiger partial charge in [-0.2, -0.15) is 0 Å². The van der Waals surface area contributed by atoms with Crippen molar-refractivity contribution in [3.8, 4) is 17.2 Å². The van der Waals surface area contributed by atoms with Gasteiger partial charge < -0.3 is 4.42 Å². The molecule has 0 spiro atoms. The molecule has 0 aliphatic heterocycles. The van der Waals surface area contributed by atoms with Crippen molar-refractivity contribution in [2.24, 2.45) is 0 Å². The Balaban J connectivity index is 1.47. The molecule has 0 N–H and O–H groups in total. The molecule has 0 atom stereocenters. The van der Waals surface area contributed by atoms with E-state index in [-0.39, 0.29) is 0 Å². The highest BCUT2D eigenvalue weighted by atomic mass is 32.1. The van der Waals surface area contributed by atoms with Gasteiger partial charge in [0.15, 0.2) is 0 Å². The Hall–Kier alpha value is -5.00. The van der Waals surface area contributed by atoms with Crippen LogP contribution in [0.3, 0.4) is 0 Å². The lowest BCUT2D eigenvalue weighted by molar-refractivity contribution is 0.669. The van der Waals surface area contributed by atoms with E-state index < -0.39 is 0 Å². The maximum absolute atomic E-state index is 6.26. The molecular formula is C34H19N3OS. The summed E-state index contributed by atoms with van der Waals surface area (Å²) in [4.78, 5) is 10.5. The molecule has 182 valence electrons. The molecule has 5 heteroatoms. The molecule has 0 radical (unpaired) electrons. The summed E-state index contributed by atoms with van der Waals surface area (Å²) in [6, 6.07) is 39.9. The van der Waals surface area contributed by atoms with E-state index in [0.29, 0.717) is 5.95 Å². The van der Waals surface area contributed by atoms with E-state index in [1.54, 1.807) is 11.3 Å². The second-order valence-electron chi connectivity index (χ2n) is 9.80. The van der Waals surface area contributed by atoms with Crippen LogP contribution in [0.25, 0.3) is 81.3 Å². The summed E-state index contributed by atoms with van der Waals surface area (Å²) in [5.74, 6) is 0.670. The Kier molecular flexibility index (Phi) is 4.18. The molecule has 9 rings (SSSR count). The number of furan rings is 1. The largest absolute Gasteiger partial charge is 0.456 e. The van der Waals surface area contributed by atoms with Gasteiger partial charge in [0.05, 0.1) is 26.9 Å². The molecule has 0 amide bonds. The summed E-state index contributed by atoms with van der Waals surface area (Å²) in [5.41, 5.74) is 6.94. The van der Waals surface area contributed by atoms with E-state index in [1.807, 2.05) is 18.2 Å². The third-order valence-corrected chi connectivity index (χ3v) is 8.80. The van der Waals surface area contributed by atoms with Crippen molar-refractivity contribution in [2.75, 3.05) is 0 Å². The summed E-state index contributed by atoms with van der Waals surface area (Å²) in [7, 11) is 0. The molecule has 9 aromatic rings. The average Bonchev–Trinajstić information content (AvgIpc) is 3.66. The molecule has 4 nitrogen and oxygen atoms in total. The Labute approximate surface area is 226 Å². The van der Waals surface area contributed by atoms with Gasteiger partial charge in [0.1, 0.15) is 11.2 Å². The summed E-state index contributed by atoms with van der Waals surface area (Å²) in [5, 5.41) is 5.72. The minimum Gasteiger partial charge on any atom is -0.456 e. The lowest BCUT2D eigenvalue weighted by Gasteiger charge is -2.10. The second-order valence-corrected chi connectivity index (χ2v) is 10.8. The van der Waals surface area contributed by atoms with Crippen molar-refractivity contribution in [1.29, 1.82) is 0 Å². The Morgan fingerprint density at radius 2 is 1.31 bits per heavy atom. The topological polar surface area (TPSA) is 43.9 Å². The molecule has 0 aliphatic rings. The lowest BCUT2D eigenvalue weighted by atomic mass is 10.1. The van der Waals surface area contributed by atoms with Crippen molar-refractivity contribution in [3.63, 3.8) is 0 Å². The number of para-hydroxylation sites is 2. The zero-order valence-corrected chi connectivity index (χ0v) is 21.4. The number of hydrogen-bond acceptors (Lipinski definition) is 4. The number of thiophene rings is 1. The lowest BCUT2D eigenvalue weighted by Crippen LogP contribution is -2.02. The molecule has 0 saturated heterocycles. The molecule has 0 aliphatic carbocycles. The third-order valence-electron chi connectivity index (χ3n) is 7.63. The quantitative estimate of drug-likeness (QED) is 0.229. The van der Waals surface area contributed by atoms with Crippen LogP contribution in [-0.4, -0.2) is 14.5 Å². The van der Waals surface area contributed by atoms with Crippen molar-refractivity contribution < 1.29 is 4.42 Å². The van der Waals surface area contributed by atoms with E-state index in [0.717, 1.165) is 70.6 Å². The van der Waals surface area contributed by atoms with Crippen LogP contribution in [0.4, 0.5) is 0 Å². The fourth-order valence-electron chi connectivity index (χ4n) is 5.96. The first-order valence-electron chi connectivity index (χ1n) is 12.9. The number of benzene rings is 5. The molecule has 0 unspecified atom stereocenters. The zero-order chi connectivity index (χ0) is 25.5. The highest BCUT2D eigenvalue weighted by Crippen LogP contribution is 2.42. The zero-order valence-electron chi connectivity index (χ0n) is 20.6. The van der Waals surface area contributed by atoms with Gasteiger partial charge in [-0.3, -0.25) is 4.57 Å². The average molecular weight is 518 g/mol. The molecule has 5 aromatic carbocycles. The van der Waals surface area contributed by atoms with Gasteiger partial charge in [-0.05, 0) is 30.3 Å². The van der Waals surface area contributed by atoms with E-state index in [9.17, 15) is 0 Å². The number of rotatable bonds is 2. The molecule has 4 aromatic heterocycles. The first-order chi connectivity index (χ1) is 19.3. The van der Waals surface area contributed by atoms with E-state index in [4.69, 9.17) is 14.4 Å². The van der Waals surface area contributed by atoms with Crippen LogP contribution in [-0.2, 0) is 0 Å². The first kappa shape index (κ1) is 21.0. The number of aromatic nitrogens is 3. The van der Waals surface area contributed by atoms with E-state index >= 15 is 0 Å². The number of fused-ring (bicyclic) bond motifs is 10. The fourth-order valence-corrected chi connectivity index (χ4v) is 7.11. The smallest absolute Gasteiger partial charge is 0.235 e. The first-order valence-corrected chi connectivity index (χ1v) is 13.8. The van der Waals surface area contributed by atoms with Gasteiger partial charge in [0.25, 0.3) is 0 Å². The van der Waals surface area contributed by atoms with Gasteiger partial charge >= 0.3 is 0 Å². The Morgan fingerprint density at radius 3 is 2.21 bits per heavy atom. The van der Waals surface area contributed by atoms with Crippen LogP contribution in [0.1, 0.15) is 0 Å². The van der Waals surface area contributed by atoms with Crippen molar-refractivity contribution in [1.82, 2.24) is 14.5 Å². The van der Waals surface area contributed by atoms with Gasteiger partial charge in [0.2, 0.25) is 5.95 Å². The van der Waals surface area contributed by atoms with Crippen LogP contribution in [0.15, 0.2) is 120 Å². The maximum Gasteiger partial charge on any atom is 0.235 e. The van der Waals surface area contributed by atoms with Crippen molar-refractivity contribution in [2.45, 2.75) is 0 Å². The van der Waals surface area contributed by atoms with Crippen LogP contribution >= 0.6 is 11.3 Å². The summed E-state index contributed by atoms with van der Waals surface area (Å²) < 4.78 is 10.8. The predicted octanol–water partition coefficient (Wildman–Crippen LogP) is 9.51. The molecule has 0 fully saturated rings. The SMILES string of the molecule is c1ccc(-c2nc(-n3c4ccccc4c4c5c(ccc43)oc3ccccc35)nc3c2sc2ccccc23)cc1. The molecular weight excluding hydrogens is 498 g/mol. The Bertz CT molecular complexity index is 2400. The van der Waals surface area contributed by atoms with Crippen LogP contribution < -0.4 is 0 Å². The monoisotopic (exact) mass is 517 g/mol. The van der Waals surface area contributed by atoms with Gasteiger partial charge in [-0.15, -0.1) is 11.3 Å². The molecule has 0 saturated carbocycles. The maximum atomic E-state index is 6.26. The highest BCUT2D eigenvalue weighted by Gasteiger charge is 2.22. The van der Waals surface area contributed by atoms with Crippen molar-refractivity contribution in [3.05, 3.63) is 115 Å². The van der Waals surface area contributed by atoms with Crippen LogP contribution in [0.5, 0.6) is 0 Å². The fraction of sp³-hybridized carbons (Fsp3) is 0. The predicted molar refractivity (Wildman–Crippen MR) is 162 cm³/mol. The summed E-state index contributed by atoms with van der Waals surface area (Å²) in [6.45, 7) is 0. The normalized spacial score (nSPS) is 12.1. The Morgan fingerprint density at radius 1 is 0.564 bits per heavy atom. The van der Waals surface area contributed by atoms with Gasteiger partial charge in [-0.25, -0.2) is 9.97 Å². The minimum atomic E-state index is 0.670. The summed E-state index contributed by atoms with van der Waals surface area (Å²) in [6.07, 6.45) is 0. The number of hydrogen-bond donors (Lipinski definition) is 0. The number of nitrogens with zero attached hydrogens (tertiary/aromatic N) is 3. The third kappa shape index (κ3) is 2.88. The second kappa shape index (κ2) is 7.76. The van der Waals surface area contributed by atoms with Gasteiger partial charge in [0, 0.05) is 37.2 Å². The standard InChI is InChI=1S/C34H19N3OS/c1-2-10-20(11-3-1)31-33-32(23-14-6-9-17-28(23)39-33)36-34(35-31)37-24-15-7-4-12-21(24)29-25(37)18-19-27-30(29)22-13-5-8-16-26(22)38-27/h1-19H. The van der Waals surface area contributed by atoms with Gasteiger partial charge in [-0.1, -0.05) is 84.9 Å². The minimum absolute atomic E-state index is 0.670. The van der Waals surface area contributed by atoms with Crippen molar-refractivity contribution >= 4 is 75.4 Å².